The molecule has 7 rings (SSSR count). The molecule has 2 aromatic carbocycles. The average molecular weight is 557 g/mol. The fraction of sp³-hybridized carbons (Fsp3) is 0.375. The highest BCUT2D eigenvalue weighted by Crippen LogP contribution is 2.56. The molecule has 0 saturated heterocycles. The van der Waals surface area contributed by atoms with Crippen molar-refractivity contribution in [2.75, 3.05) is 13.2 Å². The Kier molecular flexibility index (Phi) is 5.96. The summed E-state index contributed by atoms with van der Waals surface area (Å²) in [6.45, 7) is 4.48. The highest BCUT2D eigenvalue weighted by Gasteiger charge is 2.62. The summed E-state index contributed by atoms with van der Waals surface area (Å²) >= 11 is 0. The van der Waals surface area contributed by atoms with Crippen LogP contribution in [0, 0.1) is 11.7 Å². The number of fused-ring (bicyclic) bond motifs is 2. The number of esters is 1. The number of hydrogen-bond acceptors (Lipinski definition) is 5. The number of nitrogens with zero attached hydrogens (tertiary/aromatic N) is 4. The summed E-state index contributed by atoms with van der Waals surface area (Å²) in [5.74, 6) is -2.04. The zero-order chi connectivity index (χ0) is 28.5. The number of amides is 1. The quantitative estimate of drug-likeness (QED) is 0.276. The predicted octanol–water partition coefficient (Wildman–Crippen LogP) is 5.92. The number of carbonyl (C=O) groups is 2. The summed E-state index contributed by atoms with van der Waals surface area (Å²) in [4.78, 5) is 32.3. The molecular weight excluding hydrogens is 526 g/mol. The Morgan fingerprint density at radius 3 is 2.68 bits per heavy atom. The summed E-state index contributed by atoms with van der Waals surface area (Å²) in [6.07, 6.45) is 2.74. The molecule has 0 radical (unpaired) electrons. The van der Waals surface area contributed by atoms with Crippen molar-refractivity contribution < 1.29 is 23.1 Å². The van der Waals surface area contributed by atoms with Crippen LogP contribution in [0.25, 0.3) is 16.9 Å². The van der Waals surface area contributed by atoms with Crippen LogP contribution in [0.2, 0.25) is 0 Å². The fourth-order valence-electron chi connectivity index (χ4n) is 6.16. The maximum atomic E-state index is 15.4. The lowest BCUT2D eigenvalue weighted by Gasteiger charge is -2.35. The van der Waals surface area contributed by atoms with E-state index in [9.17, 15) is 9.59 Å². The van der Waals surface area contributed by atoms with Gasteiger partial charge in [0.25, 0.3) is 5.91 Å². The van der Waals surface area contributed by atoms with Crippen LogP contribution in [0.3, 0.4) is 0 Å². The van der Waals surface area contributed by atoms with E-state index in [1.807, 2.05) is 30.0 Å². The van der Waals surface area contributed by atoms with Gasteiger partial charge in [-0.05, 0) is 68.0 Å². The first-order chi connectivity index (χ1) is 19.8. The molecule has 4 aromatic rings. The van der Waals surface area contributed by atoms with E-state index in [4.69, 9.17) is 4.74 Å². The van der Waals surface area contributed by atoms with Gasteiger partial charge in [-0.1, -0.05) is 30.3 Å². The van der Waals surface area contributed by atoms with Crippen molar-refractivity contribution in [1.29, 1.82) is 0 Å². The predicted molar refractivity (Wildman–Crippen MR) is 147 cm³/mol. The number of hydrogen-bond donors (Lipinski definition) is 0. The summed E-state index contributed by atoms with van der Waals surface area (Å²) in [7, 11) is 0. The lowest BCUT2D eigenvalue weighted by molar-refractivity contribution is -0.145. The van der Waals surface area contributed by atoms with Gasteiger partial charge in [-0.2, -0.15) is 5.10 Å². The Balaban J connectivity index is 1.21. The van der Waals surface area contributed by atoms with Crippen LogP contribution in [0.4, 0.5) is 8.78 Å². The molecule has 9 heteroatoms. The van der Waals surface area contributed by atoms with E-state index in [1.165, 1.54) is 17.7 Å². The average Bonchev–Trinajstić information content (AvgIpc) is 3.89. The van der Waals surface area contributed by atoms with Gasteiger partial charge in [-0.3, -0.25) is 9.59 Å². The van der Waals surface area contributed by atoms with Crippen molar-refractivity contribution in [3.8, 4) is 11.3 Å². The number of benzene rings is 2. The van der Waals surface area contributed by atoms with Crippen LogP contribution in [0.1, 0.15) is 77.9 Å². The van der Waals surface area contributed by atoms with Crippen LogP contribution < -0.4 is 0 Å². The van der Waals surface area contributed by atoms with Crippen molar-refractivity contribution in [3.63, 3.8) is 0 Å². The van der Waals surface area contributed by atoms with Gasteiger partial charge in [0.1, 0.15) is 17.2 Å². The second-order valence-electron chi connectivity index (χ2n) is 11.3. The minimum Gasteiger partial charge on any atom is -0.466 e. The monoisotopic (exact) mass is 556 g/mol. The van der Waals surface area contributed by atoms with E-state index in [2.05, 4.69) is 22.2 Å². The van der Waals surface area contributed by atoms with Gasteiger partial charge >= 0.3 is 5.97 Å². The maximum absolute atomic E-state index is 15.4. The Hall–Kier alpha value is -4.14. The molecule has 2 fully saturated rings. The first kappa shape index (κ1) is 25.8. The normalized spacial score (nSPS) is 23.4. The number of carbonyl (C=O) groups excluding carboxylic acids is 2. The second-order valence-corrected chi connectivity index (χ2v) is 11.3. The largest absolute Gasteiger partial charge is 0.466 e. The van der Waals surface area contributed by atoms with Gasteiger partial charge in [-0.25, -0.2) is 18.3 Å². The van der Waals surface area contributed by atoms with Gasteiger partial charge in [0.15, 0.2) is 5.65 Å². The summed E-state index contributed by atoms with van der Waals surface area (Å²) in [6, 6.07) is 15.7. The van der Waals surface area contributed by atoms with Gasteiger partial charge < -0.3 is 9.64 Å². The van der Waals surface area contributed by atoms with Gasteiger partial charge in [0.2, 0.25) is 0 Å². The molecule has 210 valence electrons. The first-order valence-electron chi connectivity index (χ1n) is 14.2. The number of ether oxygens (including phenoxy) is 1. The Bertz CT molecular complexity index is 1710. The van der Waals surface area contributed by atoms with Crippen LogP contribution in [0.15, 0.2) is 54.6 Å². The van der Waals surface area contributed by atoms with Gasteiger partial charge in [0.05, 0.1) is 24.3 Å². The van der Waals surface area contributed by atoms with Crippen LogP contribution in [0.5, 0.6) is 0 Å². The summed E-state index contributed by atoms with van der Waals surface area (Å²) < 4.78 is 37.4. The molecule has 2 aromatic heterocycles. The first-order valence-corrected chi connectivity index (χ1v) is 14.2. The molecule has 0 N–H and O–H groups in total. The second kappa shape index (κ2) is 9.46. The maximum Gasteiger partial charge on any atom is 0.312 e. The topological polar surface area (TPSA) is 76.8 Å². The smallest absolute Gasteiger partial charge is 0.312 e. The zero-order valence-corrected chi connectivity index (χ0v) is 22.9. The van der Waals surface area contributed by atoms with Gasteiger partial charge in [-0.15, -0.1) is 0 Å². The molecule has 3 atom stereocenters. The Morgan fingerprint density at radius 1 is 1.12 bits per heavy atom. The molecule has 41 heavy (non-hydrogen) atoms. The lowest BCUT2D eigenvalue weighted by atomic mass is 9.93. The van der Waals surface area contributed by atoms with E-state index in [-0.39, 0.29) is 42.0 Å². The van der Waals surface area contributed by atoms with E-state index in [0.29, 0.717) is 23.6 Å². The highest BCUT2D eigenvalue weighted by atomic mass is 19.1. The molecule has 0 spiro atoms. The molecule has 1 aliphatic heterocycles. The minimum absolute atomic E-state index is 0.0221. The Morgan fingerprint density at radius 2 is 1.93 bits per heavy atom. The molecule has 1 amide bonds. The standard InChI is InChI=1S/C32H30F2N4O3/c1-3-41-31(40)24-17-32(24,34)21-10-11-23(25(33)14-21)26-16-29-35-27(15-28(20-8-9-20)38(29)36-26)30(39)37-13-12-19-6-4-5-7-22(19)18(37)2/h4-7,10-11,14-16,18,20,24H,3,8-9,12-13,17H2,1-2H3/t18-,24?,32?/m1/s1. The highest BCUT2D eigenvalue weighted by molar-refractivity contribution is 5.93. The lowest BCUT2D eigenvalue weighted by Crippen LogP contribution is -2.39. The summed E-state index contributed by atoms with van der Waals surface area (Å²) in [5, 5.41) is 4.66. The third-order valence-corrected chi connectivity index (χ3v) is 8.71. The molecule has 2 saturated carbocycles. The molecule has 0 bridgehead atoms. The molecule has 2 unspecified atom stereocenters. The Labute approximate surface area is 236 Å². The van der Waals surface area contributed by atoms with E-state index in [0.717, 1.165) is 36.6 Å². The van der Waals surface area contributed by atoms with Crippen LogP contribution in [-0.4, -0.2) is 44.5 Å². The molecule has 3 heterocycles. The number of alkyl halides is 1. The molecule has 7 nitrogen and oxygen atoms in total. The SMILES string of the molecule is CCOC(=O)C1CC1(F)c1ccc(-c2cc3nc(C(=O)N4CCc5ccccc5[C@H]4C)cc(C4CC4)n3n2)c(F)c1. The van der Waals surface area contributed by atoms with Crippen molar-refractivity contribution in [2.45, 2.75) is 57.2 Å². The number of rotatable bonds is 6. The van der Waals surface area contributed by atoms with Crippen LogP contribution in [-0.2, 0) is 21.6 Å². The fourth-order valence-corrected chi connectivity index (χ4v) is 6.16. The molecular formula is C32H30F2N4O3. The third-order valence-electron chi connectivity index (χ3n) is 8.71. The number of aromatic nitrogens is 3. The molecule has 3 aliphatic rings. The zero-order valence-electron chi connectivity index (χ0n) is 22.9. The van der Waals surface area contributed by atoms with Crippen LogP contribution >= 0.6 is 0 Å². The van der Waals surface area contributed by atoms with Gasteiger partial charge in [0, 0.05) is 36.2 Å². The van der Waals surface area contributed by atoms with Crippen molar-refractivity contribution in [3.05, 3.63) is 88.5 Å². The van der Waals surface area contributed by atoms with Crippen molar-refractivity contribution >= 4 is 17.5 Å². The van der Waals surface area contributed by atoms with Crippen molar-refractivity contribution in [2.24, 2.45) is 5.92 Å². The minimum atomic E-state index is -1.92. The van der Waals surface area contributed by atoms with E-state index in [1.54, 1.807) is 17.5 Å². The van der Waals surface area contributed by atoms with E-state index >= 15 is 8.78 Å². The summed E-state index contributed by atoms with van der Waals surface area (Å²) in [5.41, 5.74) is 2.84. The number of halogens is 2. The molecule has 2 aliphatic carbocycles. The third kappa shape index (κ3) is 4.29. The van der Waals surface area contributed by atoms with E-state index < -0.39 is 23.4 Å². The van der Waals surface area contributed by atoms with Crippen molar-refractivity contribution in [1.82, 2.24) is 19.5 Å².